The second kappa shape index (κ2) is 7.19. The monoisotopic (exact) mass is 361 g/mol. The molecule has 2 heterocycles. The Morgan fingerprint density at radius 1 is 1.35 bits per heavy atom. The molecule has 3 unspecified atom stereocenters. The second-order valence-electron chi connectivity index (χ2n) is 6.52. The first-order chi connectivity index (χ1) is 12.4. The number of aromatic nitrogens is 4. The largest absolute Gasteiger partial charge is 0.481 e. The highest BCUT2D eigenvalue weighted by molar-refractivity contribution is 5.83. The fourth-order valence-electron chi connectivity index (χ4n) is 3.42. The Labute approximate surface area is 149 Å². The molecule has 2 aromatic rings. The summed E-state index contributed by atoms with van der Waals surface area (Å²) in [6, 6.07) is 4.77. The van der Waals surface area contributed by atoms with Gasteiger partial charge in [0.15, 0.2) is 0 Å². The Morgan fingerprint density at radius 3 is 2.58 bits per heavy atom. The topological polar surface area (TPSA) is 101 Å². The molecule has 1 aliphatic heterocycles. The van der Waals surface area contributed by atoms with Crippen LogP contribution in [-0.2, 0) is 16.0 Å². The van der Waals surface area contributed by atoms with Gasteiger partial charge >= 0.3 is 5.97 Å². The highest BCUT2D eigenvalue weighted by Crippen LogP contribution is 2.28. The summed E-state index contributed by atoms with van der Waals surface area (Å²) in [5, 5.41) is 20.7. The molecule has 3 atom stereocenters. The van der Waals surface area contributed by atoms with E-state index in [9.17, 15) is 19.1 Å². The number of benzene rings is 1. The van der Waals surface area contributed by atoms with Crippen LogP contribution in [0.5, 0.6) is 0 Å². The number of carboxylic acids is 1. The number of halogens is 1. The number of carbonyl (C=O) groups is 2. The third kappa shape index (κ3) is 3.42. The summed E-state index contributed by atoms with van der Waals surface area (Å²) in [7, 11) is 0. The van der Waals surface area contributed by atoms with E-state index in [1.807, 2.05) is 0 Å². The normalized spacial score (nSPS) is 21.0. The first-order valence-electron chi connectivity index (χ1n) is 8.40. The van der Waals surface area contributed by atoms with Gasteiger partial charge < -0.3 is 10.0 Å². The Hall–Kier alpha value is -2.84. The van der Waals surface area contributed by atoms with E-state index in [-0.39, 0.29) is 18.1 Å². The summed E-state index contributed by atoms with van der Waals surface area (Å²) >= 11 is 0. The van der Waals surface area contributed by atoms with Crippen molar-refractivity contribution >= 4 is 11.9 Å². The van der Waals surface area contributed by atoms with Gasteiger partial charge in [0.1, 0.15) is 17.7 Å². The zero-order chi connectivity index (χ0) is 18.8. The van der Waals surface area contributed by atoms with Gasteiger partial charge in [0, 0.05) is 19.0 Å². The van der Waals surface area contributed by atoms with Crippen LogP contribution in [0.3, 0.4) is 0 Å². The average molecular weight is 361 g/mol. The molecule has 0 saturated carbocycles. The smallest absolute Gasteiger partial charge is 0.308 e. The molecule has 8 nitrogen and oxygen atoms in total. The van der Waals surface area contributed by atoms with Gasteiger partial charge in [0.05, 0.1) is 5.92 Å². The lowest BCUT2D eigenvalue weighted by molar-refractivity contribution is -0.143. The van der Waals surface area contributed by atoms with Crippen molar-refractivity contribution in [2.24, 2.45) is 5.92 Å². The molecule has 1 N–H and O–H groups in total. The molecule has 1 fully saturated rings. The number of rotatable bonds is 5. The Bertz CT molecular complexity index is 807. The lowest BCUT2D eigenvalue weighted by atomic mass is 10.0. The summed E-state index contributed by atoms with van der Waals surface area (Å²) in [6.07, 6.45) is 0.700. The van der Waals surface area contributed by atoms with Crippen LogP contribution >= 0.6 is 0 Å². The highest BCUT2D eigenvalue weighted by atomic mass is 19.1. The fraction of sp³-hybridized carbons (Fsp3) is 0.471. The maximum absolute atomic E-state index is 13.2. The number of nitrogens with zero attached hydrogens (tertiary/aromatic N) is 5. The molecule has 138 valence electrons. The van der Waals surface area contributed by atoms with Crippen molar-refractivity contribution in [3.8, 4) is 0 Å². The van der Waals surface area contributed by atoms with Crippen LogP contribution in [0, 0.1) is 18.7 Å². The third-order valence-corrected chi connectivity index (χ3v) is 4.94. The predicted molar refractivity (Wildman–Crippen MR) is 88.6 cm³/mol. The molecule has 26 heavy (non-hydrogen) atoms. The standard InChI is InChI=1S/C17H20FN5O3/c1-10-14(17(25)26)7-8-22(10)16(24)15(23-11(2)19-20-21-23)9-12-3-5-13(18)6-4-12/h3-6,10,14-15H,7-9H2,1-2H3,(H,25,26). The van der Waals surface area contributed by atoms with Gasteiger partial charge in [-0.2, -0.15) is 0 Å². The van der Waals surface area contributed by atoms with Gasteiger partial charge in [-0.1, -0.05) is 12.1 Å². The summed E-state index contributed by atoms with van der Waals surface area (Å²) in [5.41, 5.74) is 0.765. The van der Waals surface area contributed by atoms with Gasteiger partial charge in [-0.3, -0.25) is 9.59 Å². The molecule has 0 bridgehead atoms. The lowest BCUT2D eigenvalue weighted by Crippen LogP contribution is -2.43. The lowest BCUT2D eigenvalue weighted by Gasteiger charge is -2.28. The van der Waals surface area contributed by atoms with Crippen LogP contribution in [-0.4, -0.2) is 54.7 Å². The minimum Gasteiger partial charge on any atom is -0.481 e. The van der Waals surface area contributed by atoms with E-state index in [0.29, 0.717) is 18.8 Å². The number of aryl methyl sites for hydroxylation is 1. The van der Waals surface area contributed by atoms with E-state index in [2.05, 4.69) is 15.5 Å². The fourth-order valence-corrected chi connectivity index (χ4v) is 3.42. The van der Waals surface area contributed by atoms with Gasteiger partial charge in [0.25, 0.3) is 0 Å². The summed E-state index contributed by atoms with van der Waals surface area (Å²) < 4.78 is 14.6. The van der Waals surface area contributed by atoms with Crippen molar-refractivity contribution in [3.63, 3.8) is 0 Å². The summed E-state index contributed by atoms with van der Waals surface area (Å²) in [4.78, 5) is 26.1. The number of amides is 1. The molecule has 1 aromatic carbocycles. The van der Waals surface area contributed by atoms with Crippen molar-refractivity contribution in [1.82, 2.24) is 25.1 Å². The van der Waals surface area contributed by atoms with Gasteiger partial charge in [-0.25, -0.2) is 9.07 Å². The number of carboxylic acid groups (broad SMARTS) is 1. The van der Waals surface area contributed by atoms with E-state index in [4.69, 9.17) is 0 Å². The van der Waals surface area contributed by atoms with Crippen molar-refractivity contribution in [1.29, 1.82) is 0 Å². The minimum absolute atomic E-state index is 0.235. The number of likely N-dealkylation sites (tertiary alicyclic amines) is 1. The molecule has 1 saturated heterocycles. The number of hydrogen-bond acceptors (Lipinski definition) is 5. The maximum atomic E-state index is 13.2. The number of carbonyl (C=O) groups excluding carboxylic acids is 1. The van der Waals surface area contributed by atoms with E-state index < -0.39 is 24.0 Å². The molecule has 9 heteroatoms. The molecular formula is C17H20FN5O3. The summed E-state index contributed by atoms with van der Waals surface area (Å²) in [6.45, 7) is 3.81. The highest BCUT2D eigenvalue weighted by Gasteiger charge is 2.41. The third-order valence-electron chi connectivity index (χ3n) is 4.94. The Morgan fingerprint density at radius 2 is 2.04 bits per heavy atom. The first kappa shape index (κ1) is 18.0. The maximum Gasteiger partial charge on any atom is 0.308 e. The van der Waals surface area contributed by atoms with E-state index >= 15 is 0 Å². The predicted octanol–water partition coefficient (Wildman–Crippen LogP) is 1.23. The second-order valence-corrected chi connectivity index (χ2v) is 6.52. The molecule has 1 amide bonds. The van der Waals surface area contributed by atoms with Crippen LogP contribution in [0.4, 0.5) is 4.39 Å². The Balaban J connectivity index is 1.88. The quantitative estimate of drug-likeness (QED) is 0.859. The molecule has 0 spiro atoms. The zero-order valence-electron chi connectivity index (χ0n) is 14.5. The number of aliphatic carboxylic acids is 1. The molecule has 1 aliphatic rings. The zero-order valence-corrected chi connectivity index (χ0v) is 14.5. The van der Waals surface area contributed by atoms with Crippen molar-refractivity contribution in [2.75, 3.05) is 6.54 Å². The van der Waals surface area contributed by atoms with Gasteiger partial charge in [0.2, 0.25) is 5.91 Å². The van der Waals surface area contributed by atoms with Crippen molar-refractivity contribution in [3.05, 3.63) is 41.5 Å². The van der Waals surface area contributed by atoms with Gasteiger partial charge in [-0.15, -0.1) is 5.10 Å². The van der Waals surface area contributed by atoms with Crippen LogP contribution in [0.1, 0.15) is 30.8 Å². The SMILES string of the molecule is Cc1nnnn1C(Cc1ccc(F)cc1)C(=O)N1CCC(C(=O)O)C1C. The van der Waals surface area contributed by atoms with E-state index in [0.717, 1.165) is 5.56 Å². The average Bonchev–Trinajstić information content (AvgIpc) is 3.19. The number of hydrogen-bond donors (Lipinski definition) is 1. The molecule has 1 aromatic heterocycles. The van der Waals surface area contributed by atoms with Gasteiger partial charge in [-0.05, 0) is 48.4 Å². The molecular weight excluding hydrogens is 341 g/mol. The van der Waals surface area contributed by atoms with Crippen LogP contribution in [0.15, 0.2) is 24.3 Å². The first-order valence-corrected chi connectivity index (χ1v) is 8.40. The van der Waals surface area contributed by atoms with E-state index in [1.54, 1.807) is 30.9 Å². The number of tetrazole rings is 1. The Kier molecular flexibility index (Phi) is 4.97. The van der Waals surface area contributed by atoms with Crippen LogP contribution in [0.2, 0.25) is 0 Å². The van der Waals surface area contributed by atoms with Crippen LogP contribution in [0.25, 0.3) is 0 Å². The molecule has 3 rings (SSSR count). The van der Waals surface area contributed by atoms with Crippen LogP contribution < -0.4 is 0 Å². The molecule has 0 radical (unpaired) electrons. The van der Waals surface area contributed by atoms with Crippen molar-refractivity contribution in [2.45, 2.75) is 38.8 Å². The van der Waals surface area contributed by atoms with E-state index in [1.165, 1.54) is 16.8 Å². The summed E-state index contributed by atoms with van der Waals surface area (Å²) in [5.74, 6) is -1.59. The van der Waals surface area contributed by atoms with Crippen molar-refractivity contribution < 1.29 is 19.1 Å². The minimum atomic E-state index is -0.901. The molecule has 0 aliphatic carbocycles.